The third-order valence-electron chi connectivity index (χ3n) is 4.50. The van der Waals surface area contributed by atoms with Gasteiger partial charge in [0.15, 0.2) is 5.82 Å². The fourth-order valence-corrected chi connectivity index (χ4v) is 3.33. The zero-order valence-corrected chi connectivity index (χ0v) is 15.3. The number of carbonyl (C=O) groups is 1. The van der Waals surface area contributed by atoms with E-state index in [0.29, 0.717) is 18.7 Å². The molecule has 6 nitrogen and oxygen atoms in total. The van der Waals surface area contributed by atoms with Gasteiger partial charge < -0.3 is 10.0 Å². The molecule has 0 fully saturated rings. The van der Waals surface area contributed by atoms with Crippen LogP contribution in [-0.4, -0.2) is 43.7 Å². The average molecular weight is 344 g/mol. The Morgan fingerprint density at radius 1 is 1.24 bits per heavy atom. The van der Waals surface area contributed by atoms with Crippen molar-refractivity contribution in [3.63, 3.8) is 0 Å². The SMILES string of the molecule is CCCC(O)(CCC)CC(=O)N(C)C(c1ccccc1)c1ncn[nH]1. The van der Waals surface area contributed by atoms with Gasteiger partial charge in [-0.15, -0.1) is 0 Å². The highest BCUT2D eigenvalue weighted by Crippen LogP contribution is 2.29. The first-order chi connectivity index (χ1) is 12.0. The van der Waals surface area contributed by atoms with E-state index < -0.39 is 5.60 Å². The molecule has 0 aliphatic carbocycles. The largest absolute Gasteiger partial charge is 0.389 e. The maximum absolute atomic E-state index is 12.9. The molecule has 2 aromatic rings. The van der Waals surface area contributed by atoms with Crippen LogP contribution in [-0.2, 0) is 4.79 Å². The van der Waals surface area contributed by atoms with Crippen molar-refractivity contribution in [1.82, 2.24) is 20.1 Å². The van der Waals surface area contributed by atoms with Crippen LogP contribution in [0.4, 0.5) is 0 Å². The molecule has 1 amide bonds. The second kappa shape index (κ2) is 8.76. The average Bonchev–Trinajstić information content (AvgIpc) is 3.10. The number of H-pyrrole nitrogens is 1. The summed E-state index contributed by atoms with van der Waals surface area (Å²) in [5.41, 5.74) is 0.00180. The maximum Gasteiger partial charge on any atom is 0.226 e. The van der Waals surface area contributed by atoms with E-state index in [1.807, 2.05) is 44.2 Å². The summed E-state index contributed by atoms with van der Waals surface area (Å²) in [5.74, 6) is 0.506. The smallest absolute Gasteiger partial charge is 0.226 e. The first-order valence-electron chi connectivity index (χ1n) is 8.89. The number of rotatable bonds is 9. The molecular weight excluding hydrogens is 316 g/mol. The summed E-state index contributed by atoms with van der Waals surface area (Å²) in [4.78, 5) is 18.8. The summed E-state index contributed by atoms with van der Waals surface area (Å²) in [5, 5.41) is 17.6. The molecule has 1 aromatic carbocycles. The van der Waals surface area contributed by atoms with Crippen LogP contribution in [0.15, 0.2) is 36.7 Å². The lowest BCUT2D eigenvalue weighted by atomic mass is 9.88. The van der Waals surface area contributed by atoms with Crippen molar-refractivity contribution in [2.75, 3.05) is 7.05 Å². The van der Waals surface area contributed by atoms with Crippen molar-refractivity contribution in [1.29, 1.82) is 0 Å². The molecule has 1 unspecified atom stereocenters. The number of hydrogen-bond donors (Lipinski definition) is 2. The van der Waals surface area contributed by atoms with E-state index in [2.05, 4.69) is 15.2 Å². The van der Waals surface area contributed by atoms with Crippen LogP contribution in [0.5, 0.6) is 0 Å². The maximum atomic E-state index is 12.9. The van der Waals surface area contributed by atoms with Gasteiger partial charge in [-0.25, -0.2) is 4.98 Å². The Hall–Kier alpha value is -2.21. The molecule has 1 aromatic heterocycles. The predicted molar refractivity (Wildman–Crippen MR) is 96.8 cm³/mol. The third-order valence-corrected chi connectivity index (χ3v) is 4.50. The van der Waals surface area contributed by atoms with E-state index in [1.54, 1.807) is 11.9 Å². The molecule has 0 spiro atoms. The summed E-state index contributed by atoms with van der Waals surface area (Å²) >= 11 is 0. The Balaban J connectivity index is 2.24. The van der Waals surface area contributed by atoms with Gasteiger partial charge in [-0.05, 0) is 18.4 Å². The zero-order valence-electron chi connectivity index (χ0n) is 15.3. The van der Waals surface area contributed by atoms with E-state index in [1.165, 1.54) is 6.33 Å². The number of aromatic nitrogens is 3. The molecule has 25 heavy (non-hydrogen) atoms. The summed E-state index contributed by atoms with van der Waals surface area (Å²) in [6.07, 6.45) is 4.49. The molecular formula is C19H28N4O2. The van der Waals surface area contributed by atoms with Gasteiger partial charge >= 0.3 is 0 Å². The summed E-state index contributed by atoms with van der Waals surface area (Å²) in [7, 11) is 1.75. The first-order valence-corrected chi connectivity index (χ1v) is 8.89. The minimum absolute atomic E-state index is 0.102. The lowest BCUT2D eigenvalue weighted by Gasteiger charge is -2.32. The molecule has 6 heteroatoms. The highest BCUT2D eigenvalue weighted by atomic mass is 16.3. The quantitative estimate of drug-likeness (QED) is 0.732. The number of carbonyl (C=O) groups excluding carboxylic acids is 1. The van der Waals surface area contributed by atoms with Gasteiger partial charge in [0, 0.05) is 7.05 Å². The van der Waals surface area contributed by atoms with Gasteiger partial charge in [-0.3, -0.25) is 9.89 Å². The molecule has 0 aliphatic heterocycles. The van der Waals surface area contributed by atoms with Crippen molar-refractivity contribution in [3.8, 4) is 0 Å². The molecule has 0 saturated heterocycles. The van der Waals surface area contributed by atoms with Gasteiger partial charge in [0.2, 0.25) is 5.91 Å². The second-order valence-electron chi connectivity index (χ2n) is 6.59. The minimum atomic E-state index is -0.947. The highest BCUT2D eigenvalue weighted by molar-refractivity contribution is 5.78. The van der Waals surface area contributed by atoms with E-state index in [-0.39, 0.29) is 18.4 Å². The van der Waals surface area contributed by atoms with E-state index >= 15 is 0 Å². The molecule has 1 heterocycles. The molecule has 0 saturated carbocycles. The number of hydrogen-bond acceptors (Lipinski definition) is 4. The fourth-order valence-electron chi connectivity index (χ4n) is 3.33. The highest BCUT2D eigenvalue weighted by Gasteiger charge is 2.33. The molecule has 0 aliphatic rings. The van der Waals surface area contributed by atoms with Gasteiger partial charge in [0.05, 0.1) is 12.0 Å². The Bertz CT molecular complexity index is 637. The van der Waals surface area contributed by atoms with Crippen LogP contribution in [0.25, 0.3) is 0 Å². The lowest BCUT2D eigenvalue weighted by molar-refractivity contribution is -0.137. The van der Waals surface area contributed by atoms with Gasteiger partial charge in [-0.1, -0.05) is 57.0 Å². The Kier molecular flexibility index (Phi) is 6.70. The molecule has 0 bridgehead atoms. The van der Waals surface area contributed by atoms with Gasteiger partial charge in [0.1, 0.15) is 12.4 Å². The van der Waals surface area contributed by atoms with Crippen molar-refractivity contribution < 1.29 is 9.90 Å². The monoisotopic (exact) mass is 344 g/mol. The van der Waals surface area contributed by atoms with Crippen molar-refractivity contribution in [2.24, 2.45) is 0 Å². The Morgan fingerprint density at radius 3 is 2.40 bits per heavy atom. The van der Waals surface area contributed by atoms with Crippen LogP contribution in [0, 0.1) is 0 Å². The molecule has 1 atom stereocenters. The van der Waals surface area contributed by atoms with Crippen LogP contribution >= 0.6 is 0 Å². The summed E-state index contributed by atoms with van der Waals surface area (Å²) < 4.78 is 0. The van der Waals surface area contributed by atoms with Gasteiger partial charge in [0.25, 0.3) is 0 Å². The van der Waals surface area contributed by atoms with Crippen molar-refractivity contribution >= 4 is 5.91 Å². The van der Waals surface area contributed by atoms with Crippen LogP contribution in [0.2, 0.25) is 0 Å². The molecule has 0 radical (unpaired) electrons. The number of aromatic amines is 1. The number of nitrogens with zero attached hydrogens (tertiary/aromatic N) is 3. The zero-order chi connectivity index (χ0) is 18.3. The minimum Gasteiger partial charge on any atom is -0.389 e. The topological polar surface area (TPSA) is 82.1 Å². The lowest BCUT2D eigenvalue weighted by Crippen LogP contribution is -2.40. The summed E-state index contributed by atoms with van der Waals surface area (Å²) in [6, 6.07) is 9.36. The number of amides is 1. The van der Waals surface area contributed by atoms with E-state index in [0.717, 1.165) is 18.4 Å². The molecule has 2 N–H and O–H groups in total. The van der Waals surface area contributed by atoms with Gasteiger partial charge in [-0.2, -0.15) is 5.10 Å². The fraction of sp³-hybridized carbons (Fsp3) is 0.526. The predicted octanol–water partition coefficient (Wildman–Crippen LogP) is 3.07. The normalized spacial score (nSPS) is 12.8. The first kappa shape index (κ1) is 19.1. The van der Waals surface area contributed by atoms with Crippen LogP contribution in [0.3, 0.4) is 0 Å². The summed E-state index contributed by atoms with van der Waals surface area (Å²) in [6.45, 7) is 4.05. The molecule has 2 rings (SSSR count). The van der Waals surface area contributed by atoms with Crippen LogP contribution in [0.1, 0.15) is 63.4 Å². The standard InChI is InChI=1S/C19H28N4O2/c1-4-11-19(25,12-5-2)13-16(24)23(3)17(18-20-14-21-22-18)15-9-7-6-8-10-15/h6-10,14,17,25H,4-5,11-13H2,1-3H3,(H,20,21,22). The number of nitrogens with one attached hydrogen (secondary N) is 1. The molecule has 136 valence electrons. The Morgan fingerprint density at radius 2 is 1.88 bits per heavy atom. The van der Waals surface area contributed by atoms with Crippen molar-refractivity contribution in [3.05, 3.63) is 48.0 Å². The number of aliphatic hydroxyl groups is 1. The Labute approximate surface area is 149 Å². The number of benzene rings is 1. The second-order valence-corrected chi connectivity index (χ2v) is 6.59. The van der Waals surface area contributed by atoms with Crippen LogP contribution < -0.4 is 0 Å². The van der Waals surface area contributed by atoms with E-state index in [9.17, 15) is 9.90 Å². The third kappa shape index (κ3) is 4.89. The van der Waals surface area contributed by atoms with Crippen molar-refractivity contribution in [2.45, 2.75) is 57.6 Å². The van der Waals surface area contributed by atoms with E-state index in [4.69, 9.17) is 0 Å².